The topological polar surface area (TPSA) is 57.2 Å². The second-order valence-corrected chi connectivity index (χ2v) is 18.6. The van der Waals surface area contributed by atoms with Crippen molar-refractivity contribution in [2.24, 2.45) is 0 Å². The summed E-state index contributed by atoms with van der Waals surface area (Å²) in [6.45, 7) is 0.657. The lowest BCUT2D eigenvalue weighted by Gasteiger charge is -2.21. The molecule has 14 rings (SSSR count). The number of para-hydroxylation sites is 3. The van der Waals surface area contributed by atoms with Crippen LogP contribution in [0.25, 0.3) is 122 Å². The Morgan fingerprint density at radius 3 is 1.96 bits per heavy atom. The molecule has 0 aliphatic heterocycles. The molecule has 0 saturated heterocycles. The molecule has 2 aliphatic rings. The molecule has 0 radical (unpaired) electrons. The molecule has 70 heavy (non-hydrogen) atoms. The van der Waals surface area contributed by atoms with Gasteiger partial charge >= 0.3 is 0 Å². The smallest absolute Gasteiger partial charge is 0.202 e. The zero-order valence-electron chi connectivity index (χ0n) is 38.4. The predicted octanol–water partition coefficient (Wildman–Crippen LogP) is 16.4. The third kappa shape index (κ3) is 6.76. The van der Waals surface area contributed by atoms with Crippen LogP contribution in [0.2, 0.25) is 0 Å². The molecule has 5 heteroatoms. The van der Waals surface area contributed by atoms with Crippen molar-refractivity contribution in [1.82, 2.24) is 10.1 Å². The Morgan fingerprint density at radius 1 is 0.500 bits per heavy atom. The van der Waals surface area contributed by atoms with Gasteiger partial charge in [-0.15, -0.1) is 0 Å². The van der Waals surface area contributed by atoms with Crippen LogP contribution >= 0.6 is 0 Å². The second-order valence-electron chi connectivity index (χ2n) is 18.6. The molecule has 0 amide bonds. The van der Waals surface area contributed by atoms with Crippen molar-refractivity contribution < 1.29 is 13.5 Å². The first-order valence-corrected chi connectivity index (χ1v) is 24.4. The fourth-order valence-electron chi connectivity index (χ4n) is 11.0. The van der Waals surface area contributed by atoms with E-state index in [2.05, 4.69) is 205 Å². The average Bonchev–Trinajstić information content (AvgIpc) is 4.14. The van der Waals surface area contributed by atoms with E-state index in [-0.39, 0.29) is 0 Å². The van der Waals surface area contributed by atoms with Gasteiger partial charge in [0.05, 0.1) is 11.4 Å². The van der Waals surface area contributed by atoms with Crippen molar-refractivity contribution in [2.75, 3.05) is 0 Å². The van der Waals surface area contributed by atoms with Crippen molar-refractivity contribution in [3.8, 4) is 56.0 Å². The molecule has 4 heterocycles. The van der Waals surface area contributed by atoms with E-state index in [4.69, 9.17) is 18.9 Å². The molecule has 0 saturated carbocycles. The van der Waals surface area contributed by atoms with Gasteiger partial charge in [0.25, 0.3) is 0 Å². The SMILES string of the molecule is C1=CC(c2c3c4c(nc(-c5ccc(-c6ccc(-c7cc(-c8ccc(-c9cccc%10c9oc9ccccc9%10)cc8)[n+](Cc8ccccc8)[n-]7)cc6)cc5)c3cc3oc5ccccc5c23)C=CCC4)=CCC1. The predicted molar refractivity (Wildman–Crippen MR) is 286 cm³/mol. The minimum absolute atomic E-state index is 0.657. The maximum Gasteiger partial charge on any atom is 0.202 e. The highest BCUT2D eigenvalue weighted by Crippen LogP contribution is 2.46. The summed E-state index contributed by atoms with van der Waals surface area (Å²) in [6, 6.07) is 64.6. The Kier molecular flexibility index (Phi) is 9.48. The number of benzene rings is 8. The summed E-state index contributed by atoms with van der Waals surface area (Å²) < 4.78 is 15.2. The number of allylic oxidation sites excluding steroid dienone is 5. The fourth-order valence-corrected chi connectivity index (χ4v) is 11.0. The van der Waals surface area contributed by atoms with Crippen LogP contribution in [-0.4, -0.2) is 4.98 Å². The van der Waals surface area contributed by atoms with Gasteiger partial charge in [0.1, 0.15) is 22.3 Å². The quantitative estimate of drug-likeness (QED) is 0.143. The van der Waals surface area contributed by atoms with E-state index < -0.39 is 0 Å². The third-order valence-electron chi connectivity index (χ3n) is 14.4. The van der Waals surface area contributed by atoms with E-state index in [1.807, 2.05) is 12.1 Å². The van der Waals surface area contributed by atoms with Crippen molar-refractivity contribution in [3.63, 3.8) is 0 Å². The number of pyridine rings is 1. The first-order chi connectivity index (χ1) is 34.7. The van der Waals surface area contributed by atoms with Gasteiger partial charge in [-0.2, -0.15) is 0 Å². The number of aromatic nitrogens is 3. The van der Waals surface area contributed by atoms with Gasteiger partial charge in [-0.1, -0.05) is 176 Å². The van der Waals surface area contributed by atoms with Crippen molar-refractivity contribution in [1.29, 1.82) is 0 Å². The van der Waals surface area contributed by atoms with Crippen LogP contribution in [0.3, 0.4) is 0 Å². The second kappa shape index (κ2) is 16.5. The lowest BCUT2D eigenvalue weighted by atomic mass is 9.84. The van der Waals surface area contributed by atoms with Crippen LogP contribution < -0.4 is 9.78 Å². The molecule has 8 aromatic carbocycles. The molecule has 0 unspecified atom stereocenters. The molecule has 332 valence electrons. The van der Waals surface area contributed by atoms with Gasteiger partial charge in [-0.25, -0.2) is 4.98 Å². The maximum absolute atomic E-state index is 6.64. The number of hydrogen-bond donors (Lipinski definition) is 0. The third-order valence-corrected chi connectivity index (χ3v) is 14.4. The largest absolute Gasteiger partial charge is 0.456 e. The minimum atomic E-state index is 0.657. The van der Waals surface area contributed by atoms with Crippen LogP contribution in [0.15, 0.2) is 215 Å². The number of fused-ring (bicyclic) bond motifs is 9. The summed E-state index contributed by atoms with van der Waals surface area (Å²) in [5, 5.41) is 12.3. The molecule has 4 aromatic heterocycles. The molecule has 0 fully saturated rings. The molecular formula is C65H45N3O2. The zero-order valence-corrected chi connectivity index (χ0v) is 38.4. The monoisotopic (exact) mass is 899 g/mol. The highest BCUT2D eigenvalue weighted by Gasteiger charge is 2.25. The Hall–Kier alpha value is -8.80. The summed E-state index contributed by atoms with van der Waals surface area (Å²) in [5.41, 5.74) is 20.4. The van der Waals surface area contributed by atoms with Crippen LogP contribution in [0.1, 0.15) is 41.6 Å². The van der Waals surface area contributed by atoms with Crippen LogP contribution in [0, 0.1) is 0 Å². The van der Waals surface area contributed by atoms with Crippen molar-refractivity contribution in [2.45, 2.75) is 32.2 Å². The van der Waals surface area contributed by atoms with Gasteiger partial charge in [-0.05, 0) is 107 Å². The normalized spacial score (nSPS) is 13.5. The molecule has 12 aromatic rings. The summed E-state index contributed by atoms with van der Waals surface area (Å²) >= 11 is 0. The van der Waals surface area contributed by atoms with Gasteiger partial charge in [0.2, 0.25) is 5.69 Å². The Morgan fingerprint density at radius 2 is 1.17 bits per heavy atom. The average molecular weight is 900 g/mol. The van der Waals surface area contributed by atoms with E-state index in [1.54, 1.807) is 0 Å². The lowest BCUT2D eigenvalue weighted by molar-refractivity contribution is -0.736. The summed E-state index contributed by atoms with van der Waals surface area (Å²) in [6.07, 6.45) is 15.6. The Labute approximate surface area is 405 Å². The van der Waals surface area contributed by atoms with Gasteiger partial charge in [0.15, 0.2) is 6.54 Å². The zero-order chi connectivity index (χ0) is 46.1. The molecule has 0 spiro atoms. The minimum Gasteiger partial charge on any atom is -0.456 e. The number of aryl methyl sites for hydroxylation is 1. The highest BCUT2D eigenvalue weighted by atomic mass is 16.3. The first-order valence-electron chi connectivity index (χ1n) is 24.4. The molecule has 0 N–H and O–H groups in total. The number of nitrogens with zero attached hydrogens (tertiary/aromatic N) is 3. The highest BCUT2D eigenvalue weighted by molar-refractivity contribution is 6.21. The molecule has 5 nitrogen and oxygen atoms in total. The van der Waals surface area contributed by atoms with Gasteiger partial charge in [-0.3, -0.25) is 4.68 Å². The fraction of sp³-hybridized carbons (Fsp3) is 0.0769. The van der Waals surface area contributed by atoms with Crippen LogP contribution in [-0.2, 0) is 13.0 Å². The standard InChI is InChI=1S/C65H45N3O2/c1-3-14-41(15-4-1)40-68-57(46-34-30-44(31-35-46)49-21-13-22-51-50-18-8-11-24-58(50)70-65(49)51)39-56(67-68)45-32-26-42(27-33-45)43-28-36-48(37-29-43)64-54-38-60-63(53-20-9-12-25-59(53)69-60)61(47-16-5-2-6-17-47)62(54)52-19-7-10-23-55(52)66-64/h1,3-5,8-18,20-39H,2,6-7,19,40H2. The van der Waals surface area contributed by atoms with E-state index in [0.717, 1.165) is 131 Å². The van der Waals surface area contributed by atoms with Crippen molar-refractivity contribution >= 4 is 66.3 Å². The first kappa shape index (κ1) is 40.3. The number of furan rings is 2. The summed E-state index contributed by atoms with van der Waals surface area (Å²) in [7, 11) is 0. The Bertz CT molecular complexity index is 4110. The Balaban J connectivity index is 0.807. The molecule has 0 bridgehead atoms. The van der Waals surface area contributed by atoms with E-state index in [9.17, 15) is 0 Å². The van der Waals surface area contributed by atoms with Crippen LogP contribution in [0.5, 0.6) is 0 Å². The van der Waals surface area contributed by atoms with E-state index in [1.165, 1.54) is 33.0 Å². The number of hydrogen-bond acceptors (Lipinski definition) is 3. The van der Waals surface area contributed by atoms with Crippen molar-refractivity contribution in [3.05, 3.63) is 229 Å². The molecular weight excluding hydrogens is 855 g/mol. The summed E-state index contributed by atoms with van der Waals surface area (Å²) in [5.74, 6) is 0. The van der Waals surface area contributed by atoms with Gasteiger partial charge in [0, 0.05) is 54.7 Å². The van der Waals surface area contributed by atoms with E-state index in [0.29, 0.717) is 6.54 Å². The molecule has 2 aliphatic carbocycles. The van der Waals surface area contributed by atoms with Crippen LogP contribution in [0.4, 0.5) is 0 Å². The van der Waals surface area contributed by atoms with Gasteiger partial charge < -0.3 is 13.9 Å². The van der Waals surface area contributed by atoms with E-state index >= 15 is 0 Å². The summed E-state index contributed by atoms with van der Waals surface area (Å²) in [4.78, 5) is 5.42. The maximum atomic E-state index is 6.64. The lowest BCUT2D eigenvalue weighted by Crippen LogP contribution is -2.40. The molecule has 0 atom stereocenters. The number of rotatable bonds is 8.